The zero-order valence-corrected chi connectivity index (χ0v) is 6.54. The molecule has 6 heteroatoms. The number of nitrogens with zero attached hydrogens (tertiary/aromatic N) is 2. The highest BCUT2D eigenvalue weighted by molar-refractivity contribution is 5.88. The highest BCUT2D eigenvalue weighted by Crippen LogP contribution is 2.09. The van der Waals surface area contributed by atoms with E-state index in [1.807, 2.05) is 0 Å². The standard InChI is InChI=1S/C6H7FN2O2.FH/c1-3-4(6(10)11)5(7)9(2)8-3;/h1-2H3,(H,10,11);1H. The van der Waals surface area contributed by atoms with Gasteiger partial charge in [0.1, 0.15) is 5.56 Å². The van der Waals surface area contributed by atoms with Gasteiger partial charge in [-0.3, -0.25) is 4.70 Å². The normalized spacial score (nSPS) is 9.25. The van der Waals surface area contributed by atoms with E-state index in [0.717, 1.165) is 4.68 Å². The fourth-order valence-electron chi connectivity index (χ4n) is 0.873. The van der Waals surface area contributed by atoms with Crippen LogP contribution in [0.5, 0.6) is 0 Å². The smallest absolute Gasteiger partial charge is 0.342 e. The number of aromatic nitrogens is 2. The second kappa shape index (κ2) is 3.29. The number of carbonyl (C=O) groups is 1. The van der Waals surface area contributed by atoms with E-state index < -0.39 is 11.9 Å². The Kier molecular flexibility index (Phi) is 2.89. The SMILES string of the molecule is Cc1nn(C)c(F)c1C(=O)O.F. The fraction of sp³-hybridized carbons (Fsp3) is 0.333. The van der Waals surface area contributed by atoms with Crippen LogP contribution in [0, 0.1) is 12.9 Å². The zero-order valence-electron chi connectivity index (χ0n) is 6.54. The Bertz CT molecular complexity index is 309. The zero-order chi connectivity index (χ0) is 8.59. The molecule has 12 heavy (non-hydrogen) atoms. The van der Waals surface area contributed by atoms with Gasteiger partial charge in [-0.1, -0.05) is 0 Å². The molecular formula is C6H8F2N2O2. The summed E-state index contributed by atoms with van der Waals surface area (Å²) < 4.78 is 13.7. The summed E-state index contributed by atoms with van der Waals surface area (Å²) in [4.78, 5) is 10.4. The van der Waals surface area contributed by atoms with Crippen LogP contribution in [0.1, 0.15) is 16.1 Å². The average molecular weight is 178 g/mol. The van der Waals surface area contributed by atoms with E-state index in [1.165, 1.54) is 14.0 Å². The number of aryl methyl sites for hydroxylation is 2. The van der Waals surface area contributed by atoms with Gasteiger partial charge < -0.3 is 5.11 Å². The third-order valence-corrected chi connectivity index (χ3v) is 1.37. The van der Waals surface area contributed by atoms with Crippen LogP contribution in [0.3, 0.4) is 0 Å². The molecule has 0 saturated carbocycles. The molecule has 0 radical (unpaired) electrons. The van der Waals surface area contributed by atoms with Crippen molar-refractivity contribution in [2.45, 2.75) is 6.92 Å². The third kappa shape index (κ3) is 1.41. The Morgan fingerprint density at radius 2 is 2.17 bits per heavy atom. The molecule has 68 valence electrons. The molecule has 0 unspecified atom stereocenters. The molecular weight excluding hydrogens is 170 g/mol. The van der Waals surface area contributed by atoms with E-state index in [0.29, 0.717) is 0 Å². The molecule has 0 aliphatic heterocycles. The van der Waals surface area contributed by atoms with Crippen molar-refractivity contribution in [3.8, 4) is 0 Å². The Morgan fingerprint density at radius 3 is 2.33 bits per heavy atom. The van der Waals surface area contributed by atoms with Crippen molar-refractivity contribution in [2.24, 2.45) is 7.05 Å². The molecule has 1 aromatic rings. The van der Waals surface area contributed by atoms with Gasteiger partial charge in [0.25, 0.3) is 0 Å². The van der Waals surface area contributed by atoms with Crippen LogP contribution in [0.25, 0.3) is 0 Å². The second-order valence-corrected chi connectivity index (χ2v) is 2.18. The summed E-state index contributed by atoms with van der Waals surface area (Å²) in [5.74, 6) is -2.09. The van der Waals surface area contributed by atoms with Gasteiger partial charge in [-0.25, -0.2) is 9.48 Å². The van der Waals surface area contributed by atoms with E-state index in [9.17, 15) is 9.18 Å². The van der Waals surface area contributed by atoms with E-state index in [-0.39, 0.29) is 16.0 Å². The lowest BCUT2D eigenvalue weighted by Crippen LogP contribution is -2.01. The molecule has 0 aromatic carbocycles. The fourth-order valence-corrected chi connectivity index (χ4v) is 0.873. The van der Waals surface area contributed by atoms with E-state index in [2.05, 4.69) is 5.10 Å². The molecule has 0 bridgehead atoms. The number of hydrogen-bond acceptors (Lipinski definition) is 2. The predicted octanol–water partition coefficient (Wildman–Crippen LogP) is 0.718. The first-order chi connectivity index (χ1) is 5.04. The van der Waals surface area contributed by atoms with Crippen molar-refractivity contribution in [1.29, 1.82) is 0 Å². The number of halogens is 2. The maximum absolute atomic E-state index is 12.8. The highest BCUT2D eigenvalue weighted by Gasteiger charge is 2.18. The summed E-state index contributed by atoms with van der Waals surface area (Å²) in [6, 6.07) is 0. The lowest BCUT2D eigenvalue weighted by Gasteiger charge is -1.88. The van der Waals surface area contributed by atoms with E-state index in [1.54, 1.807) is 0 Å². The summed E-state index contributed by atoms with van der Waals surface area (Å²) in [6.45, 7) is 1.45. The van der Waals surface area contributed by atoms with E-state index >= 15 is 0 Å². The van der Waals surface area contributed by atoms with Crippen LogP contribution in [-0.2, 0) is 7.05 Å². The largest absolute Gasteiger partial charge is 0.477 e. The summed E-state index contributed by atoms with van der Waals surface area (Å²) in [5, 5.41) is 12.1. The minimum Gasteiger partial charge on any atom is -0.477 e. The first-order valence-corrected chi connectivity index (χ1v) is 2.96. The van der Waals surface area contributed by atoms with Crippen LogP contribution in [0.4, 0.5) is 9.09 Å². The van der Waals surface area contributed by atoms with Crippen molar-refractivity contribution < 1.29 is 19.0 Å². The summed E-state index contributed by atoms with van der Waals surface area (Å²) >= 11 is 0. The topological polar surface area (TPSA) is 55.1 Å². The lowest BCUT2D eigenvalue weighted by molar-refractivity contribution is 0.0690. The van der Waals surface area contributed by atoms with Crippen LogP contribution >= 0.6 is 0 Å². The van der Waals surface area contributed by atoms with Crippen molar-refractivity contribution in [3.05, 3.63) is 17.2 Å². The van der Waals surface area contributed by atoms with Gasteiger partial charge in [-0.2, -0.15) is 9.49 Å². The maximum atomic E-state index is 12.8. The van der Waals surface area contributed by atoms with Crippen LogP contribution in [0.15, 0.2) is 0 Å². The summed E-state index contributed by atoms with van der Waals surface area (Å²) in [5.41, 5.74) is -0.162. The molecule has 1 heterocycles. The molecule has 1 N–H and O–H groups in total. The Balaban J connectivity index is 0.00000121. The minimum atomic E-state index is -1.28. The van der Waals surface area contributed by atoms with Crippen LogP contribution in [0.2, 0.25) is 0 Å². The van der Waals surface area contributed by atoms with Crippen LogP contribution < -0.4 is 0 Å². The summed E-state index contributed by atoms with van der Waals surface area (Å²) in [6.07, 6.45) is 0. The van der Waals surface area contributed by atoms with Crippen molar-refractivity contribution in [1.82, 2.24) is 9.78 Å². The van der Waals surface area contributed by atoms with Crippen molar-refractivity contribution in [2.75, 3.05) is 0 Å². The average Bonchev–Trinajstić information content (AvgIpc) is 2.07. The van der Waals surface area contributed by atoms with Gasteiger partial charge in [0, 0.05) is 7.05 Å². The van der Waals surface area contributed by atoms with E-state index in [4.69, 9.17) is 5.11 Å². The molecule has 0 spiro atoms. The molecule has 0 atom stereocenters. The third-order valence-electron chi connectivity index (χ3n) is 1.37. The van der Waals surface area contributed by atoms with Gasteiger partial charge in [-0.15, -0.1) is 0 Å². The number of rotatable bonds is 1. The van der Waals surface area contributed by atoms with Gasteiger partial charge in [0.2, 0.25) is 5.95 Å². The Labute approximate surface area is 67.0 Å². The summed E-state index contributed by atoms with van der Waals surface area (Å²) in [7, 11) is 1.36. The lowest BCUT2D eigenvalue weighted by atomic mass is 10.3. The first-order valence-electron chi connectivity index (χ1n) is 2.96. The number of aromatic carboxylic acids is 1. The quantitative estimate of drug-likeness (QED) is 0.689. The number of carboxylic acids is 1. The van der Waals surface area contributed by atoms with Crippen LogP contribution in [-0.4, -0.2) is 20.9 Å². The molecule has 1 aromatic heterocycles. The number of carboxylic acid groups (broad SMARTS) is 1. The van der Waals surface area contributed by atoms with Gasteiger partial charge in [0.05, 0.1) is 5.69 Å². The monoisotopic (exact) mass is 178 g/mol. The molecule has 0 aliphatic rings. The van der Waals surface area contributed by atoms with Crippen molar-refractivity contribution in [3.63, 3.8) is 0 Å². The number of hydrogen-bond donors (Lipinski definition) is 1. The first kappa shape index (κ1) is 10.5. The molecule has 0 aliphatic carbocycles. The Morgan fingerprint density at radius 1 is 1.67 bits per heavy atom. The van der Waals surface area contributed by atoms with Crippen molar-refractivity contribution >= 4 is 5.97 Å². The molecule has 1 rings (SSSR count). The minimum absolute atomic E-state index is 0. The second-order valence-electron chi connectivity index (χ2n) is 2.18. The molecule has 4 nitrogen and oxygen atoms in total. The predicted molar refractivity (Wildman–Crippen MR) is 37.4 cm³/mol. The Hall–Kier alpha value is -1.46. The van der Waals surface area contributed by atoms with Gasteiger partial charge >= 0.3 is 5.97 Å². The van der Waals surface area contributed by atoms with Gasteiger partial charge in [0.15, 0.2) is 0 Å². The molecule has 0 saturated heterocycles. The highest BCUT2D eigenvalue weighted by atomic mass is 19.1. The molecule has 0 amide bonds. The maximum Gasteiger partial charge on any atom is 0.342 e. The molecule has 0 fully saturated rings. The van der Waals surface area contributed by atoms with Gasteiger partial charge in [-0.05, 0) is 6.92 Å².